The van der Waals surface area contributed by atoms with Crippen LogP contribution in [-0.4, -0.2) is 39.1 Å². The summed E-state index contributed by atoms with van der Waals surface area (Å²) in [6, 6.07) is 2.36. The van der Waals surface area contributed by atoms with E-state index < -0.39 is 26.8 Å². The van der Waals surface area contributed by atoms with Gasteiger partial charge in [-0.25, -0.2) is 0 Å². The van der Waals surface area contributed by atoms with Crippen molar-refractivity contribution in [1.29, 1.82) is 0 Å². The molecule has 112 valence electrons. The van der Waals surface area contributed by atoms with E-state index in [1.54, 1.807) is 4.90 Å². The van der Waals surface area contributed by atoms with Gasteiger partial charge in [0.1, 0.15) is 4.90 Å². The second kappa shape index (κ2) is 5.23. The molecule has 0 radical (unpaired) electrons. The molecule has 0 amide bonds. The lowest BCUT2D eigenvalue weighted by Crippen LogP contribution is -2.44. The van der Waals surface area contributed by atoms with Crippen LogP contribution in [0.4, 0.5) is 18.9 Å². The number of nitrogens with zero attached hydrogens (tertiary/aromatic N) is 1. The van der Waals surface area contributed by atoms with E-state index in [1.807, 2.05) is 0 Å². The molecule has 0 aromatic heterocycles. The number of hydrogen-bond donors (Lipinski definition) is 2. The Morgan fingerprint density at radius 3 is 2.30 bits per heavy atom. The van der Waals surface area contributed by atoms with Crippen LogP contribution in [0, 0.1) is 0 Å². The van der Waals surface area contributed by atoms with E-state index in [0.717, 1.165) is 12.1 Å². The molecule has 9 heteroatoms. The molecule has 2 N–H and O–H groups in total. The first kappa shape index (κ1) is 15.1. The minimum atomic E-state index is -4.73. The molecular weight excluding hydrogens is 297 g/mol. The molecule has 0 bridgehead atoms. The third-order valence-electron chi connectivity index (χ3n) is 3.02. The maximum Gasteiger partial charge on any atom is 0.416 e. The summed E-state index contributed by atoms with van der Waals surface area (Å²) >= 11 is 0. The van der Waals surface area contributed by atoms with Crippen molar-refractivity contribution in [3.8, 4) is 0 Å². The van der Waals surface area contributed by atoms with E-state index in [-0.39, 0.29) is 5.69 Å². The largest absolute Gasteiger partial charge is 0.416 e. The highest BCUT2D eigenvalue weighted by Crippen LogP contribution is 2.34. The van der Waals surface area contributed by atoms with E-state index in [0.29, 0.717) is 32.2 Å². The van der Waals surface area contributed by atoms with Gasteiger partial charge in [-0.1, -0.05) is 0 Å². The number of rotatable bonds is 2. The van der Waals surface area contributed by atoms with Gasteiger partial charge in [0.15, 0.2) is 0 Å². The number of benzene rings is 1. The summed E-state index contributed by atoms with van der Waals surface area (Å²) in [7, 11) is -4.73. The maximum absolute atomic E-state index is 12.6. The summed E-state index contributed by atoms with van der Waals surface area (Å²) < 4.78 is 69.7. The normalized spacial score (nSPS) is 17.3. The molecule has 0 aliphatic carbocycles. The molecule has 0 unspecified atom stereocenters. The van der Waals surface area contributed by atoms with Crippen molar-refractivity contribution in [2.45, 2.75) is 11.1 Å². The predicted octanol–water partition coefficient (Wildman–Crippen LogP) is 1.36. The Bertz CT molecular complexity index is 595. The van der Waals surface area contributed by atoms with Gasteiger partial charge in [-0.15, -0.1) is 0 Å². The fraction of sp³-hybridized carbons (Fsp3) is 0.455. The lowest BCUT2D eigenvalue weighted by molar-refractivity contribution is -0.137. The molecule has 1 aliphatic heterocycles. The topological polar surface area (TPSA) is 69.6 Å². The van der Waals surface area contributed by atoms with Crippen molar-refractivity contribution in [2.75, 3.05) is 31.1 Å². The molecule has 1 saturated heterocycles. The summed E-state index contributed by atoms with van der Waals surface area (Å²) in [5.74, 6) is 0. The van der Waals surface area contributed by atoms with Crippen LogP contribution < -0.4 is 10.2 Å². The minimum Gasteiger partial charge on any atom is -0.368 e. The van der Waals surface area contributed by atoms with Gasteiger partial charge >= 0.3 is 6.18 Å². The lowest BCUT2D eigenvalue weighted by atomic mass is 10.1. The van der Waals surface area contributed by atoms with Crippen LogP contribution in [0.5, 0.6) is 0 Å². The van der Waals surface area contributed by atoms with E-state index in [9.17, 15) is 21.6 Å². The molecule has 20 heavy (non-hydrogen) atoms. The molecule has 0 saturated carbocycles. The van der Waals surface area contributed by atoms with E-state index in [1.165, 1.54) is 0 Å². The third-order valence-corrected chi connectivity index (χ3v) is 3.91. The fourth-order valence-electron chi connectivity index (χ4n) is 2.06. The zero-order chi connectivity index (χ0) is 15.0. The maximum atomic E-state index is 12.6. The molecule has 0 atom stereocenters. The molecule has 1 aliphatic rings. The Labute approximate surface area is 114 Å². The number of hydrogen-bond acceptors (Lipinski definition) is 4. The van der Waals surface area contributed by atoms with E-state index in [4.69, 9.17) is 4.55 Å². The average Bonchev–Trinajstić information content (AvgIpc) is 2.37. The van der Waals surface area contributed by atoms with Crippen LogP contribution in [-0.2, 0) is 16.3 Å². The fourth-order valence-corrected chi connectivity index (χ4v) is 2.80. The van der Waals surface area contributed by atoms with Gasteiger partial charge in [0.25, 0.3) is 10.1 Å². The van der Waals surface area contributed by atoms with Crippen LogP contribution in [0.15, 0.2) is 23.1 Å². The Balaban J connectivity index is 2.51. The Morgan fingerprint density at radius 1 is 1.20 bits per heavy atom. The number of alkyl halides is 3. The molecule has 1 aromatic rings. The Hall–Kier alpha value is -1.32. The first-order valence-electron chi connectivity index (χ1n) is 5.84. The second-order valence-corrected chi connectivity index (χ2v) is 5.78. The predicted molar refractivity (Wildman–Crippen MR) is 66.3 cm³/mol. The summed E-state index contributed by atoms with van der Waals surface area (Å²) in [6.45, 7) is 2.08. The average molecular weight is 310 g/mol. The summed E-state index contributed by atoms with van der Waals surface area (Å²) in [6.07, 6.45) is -4.67. The highest BCUT2D eigenvalue weighted by molar-refractivity contribution is 7.86. The monoisotopic (exact) mass is 310 g/mol. The number of nitrogens with one attached hydrogen (secondary N) is 1. The van der Waals surface area contributed by atoms with Crippen LogP contribution in [0.1, 0.15) is 5.56 Å². The number of anilines is 1. The van der Waals surface area contributed by atoms with Crippen LogP contribution in [0.25, 0.3) is 0 Å². The zero-order valence-electron chi connectivity index (χ0n) is 10.3. The van der Waals surface area contributed by atoms with Gasteiger partial charge in [-0.3, -0.25) is 4.55 Å². The summed E-state index contributed by atoms with van der Waals surface area (Å²) in [5.41, 5.74) is -1.02. The van der Waals surface area contributed by atoms with Gasteiger partial charge in [0.2, 0.25) is 0 Å². The number of piperazine rings is 1. The van der Waals surface area contributed by atoms with Crippen molar-refractivity contribution in [1.82, 2.24) is 5.32 Å². The quantitative estimate of drug-likeness (QED) is 0.807. The van der Waals surface area contributed by atoms with Crippen molar-refractivity contribution < 1.29 is 26.1 Å². The first-order valence-corrected chi connectivity index (χ1v) is 7.28. The van der Waals surface area contributed by atoms with Crippen molar-refractivity contribution in [3.05, 3.63) is 23.8 Å². The van der Waals surface area contributed by atoms with Crippen molar-refractivity contribution in [3.63, 3.8) is 0 Å². The van der Waals surface area contributed by atoms with Crippen molar-refractivity contribution >= 4 is 15.8 Å². The standard InChI is InChI=1S/C11H13F3N2O3S/c12-11(13,14)8-1-2-9(10(7-8)20(17,18)19)16-5-3-15-4-6-16/h1-2,7,15H,3-6H2,(H,17,18,19). The second-order valence-electron chi connectivity index (χ2n) is 4.39. The van der Waals surface area contributed by atoms with Crippen LogP contribution in [0.2, 0.25) is 0 Å². The Morgan fingerprint density at radius 2 is 1.80 bits per heavy atom. The summed E-state index contributed by atoms with van der Waals surface area (Å²) in [5, 5.41) is 3.04. The van der Waals surface area contributed by atoms with Crippen LogP contribution in [0.3, 0.4) is 0 Å². The smallest absolute Gasteiger partial charge is 0.368 e. The molecule has 1 heterocycles. The van der Waals surface area contributed by atoms with Gasteiger partial charge in [0.05, 0.1) is 11.3 Å². The molecule has 5 nitrogen and oxygen atoms in total. The molecule has 1 aromatic carbocycles. The van der Waals surface area contributed by atoms with Gasteiger partial charge in [0, 0.05) is 26.2 Å². The third kappa shape index (κ3) is 3.22. The van der Waals surface area contributed by atoms with Gasteiger partial charge in [-0.2, -0.15) is 21.6 Å². The first-order chi connectivity index (χ1) is 9.19. The summed E-state index contributed by atoms with van der Waals surface area (Å²) in [4.78, 5) is 0.911. The SMILES string of the molecule is O=S(=O)(O)c1cc(C(F)(F)F)ccc1N1CCNCC1. The van der Waals surface area contributed by atoms with Gasteiger partial charge < -0.3 is 10.2 Å². The van der Waals surface area contributed by atoms with Gasteiger partial charge in [-0.05, 0) is 18.2 Å². The van der Waals surface area contributed by atoms with Crippen LogP contribution >= 0.6 is 0 Å². The highest BCUT2D eigenvalue weighted by Gasteiger charge is 2.33. The highest BCUT2D eigenvalue weighted by atomic mass is 32.2. The molecule has 2 rings (SSSR count). The molecule has 0 spiro atoms. The lowest BCUT2D eigenvalue weighted by Gasteiger charge is -2.30. The molecular formula is C11H13F3N2O3S. The Kier molecular flexibility index (Phi) is 3.94. The van der Waals surface area contributed by atoms with E-state index in [2.05, 4.69) is 5.32 Å². The van der Waals surface area contributed by atoms with Crippen molar-refractivity contribution in [2.24, 2.45) is 0 Å². The minimum absolute atomic E-state index is 0.0852. The molecule has 1 fully saturated rings. The van der Waals surface area contributed by atoms with E-state index >= 15 is 0 Å². The zero-order valence-corrected chi connectivity index (χ0v) is 11.1. The number of halogens is 3.